The monoisotopic (exact) mass is 611 g/mol. The fraction of sp³-hybridized carbons (Fsp3) is 0.560. The van der Waals surface area contributed by atoms with Crippen LogP contribution in [-0.4, -0.2) is 87.6 Å². The molecule has 16 nitrogen and oxygen atoms in total. The topological polar surface area (TPSA) is 215 Å². The third kappa shape index (κ3) is 8.55. The summed E-state index contributed by atoms with van der Waals surface area (Å²) in [5.74, 6) is 0. The molecule has 4 N–H and O–H groups in total. The number of hydrogen-bond acceptors (Lipinski definition) is 12. The van der Waals surface area contributed by atoms with Crippen LogP contribution in [0.25, 0.3) is 0 Å². The molecule has 7 unspecified atom stereocenters. The molecule has 2 fully saturated rings. The van der Waals surface area contributed by atoms with Crippen LogP contribution in [0.15, 0.2) is 39.8 Å². The highest BCUT2D eigenvalue weighted by atomic mass is 31.1. The SMILES string of the molecule is C=C1NC(=O)N(C2CC(OC=O)C(CO)O2)C=C1C.Cc1cn(C2CC(O)C(COPOCCC#N)O2)c(=O)[nH]c1=O. The standard InChI is InChI=1S/C13H18N3O6P.C12H16N2O5/c1-8-6-16(13(19)15-12(8)18)11-5-9(17)10(22-11)7-21-23-20-4-2-3-14;1-7-4-14(12(17)13-8(7)2)11-3-9(18-6-16)10(5-15)19-11/h6,9-11,17,23H,2,4-5,7H2,1H3,(H,15,18,19);4,6,9-11,15H,2-3,5H2,1H3,(H,13,17). The van der Waals surface area contributed by atoms with E-state index in [1.165, 1.54) is 15.7 Å². The second-order valence-corrected chi connectivity index (χ2v) is 10.3. The van der Waals surface area contributed by atoms with Gasteiger partial charge in [0.05, 0.1) is 38.4 Å². The Morgan fingerprint density at radius 1 is 1.21 bits per heavy atom. The van der Waals surface area contributed by atoms with Crippen molar-refractivity contribution in [2.24, 2.45) is 0 Å². The molecule has 0 spiro atoms. The van der Waals surface area contributed by atoms with Crippen molar-refractivity contribution in [3.63, 3.8) is 0 Å². The van der Waals surface area contributed by atoms with E-state index in [0.29, 0.717) is 24.2 Å². The number of aliphatic hydroxyl groups is 2. The lowest BCUT2D eigenvalue weighted by Crippen LogP contribution is -2.45. The average Bonchev–Trinajstić information content (AvgIpc) is 3.53. The molecule has 0 bridgehead atoms. The van der Waals surface area contributed by atoms with Gasteiger partial charge >= 0.3 is 11.7 Å². The van der Waals surface area contributed by atoms with Crippen LogP contribution in [0.4, 0.5) is 4.79 Å². The molecule has 17 heteroatoms. The van der Waals surface area contributed by atoms with Gasteiger partial charge in [0.25, 0.3) is 12.0 Å². The van der Waals surface area contributed by atoms with Gasteiger partial charge in [0, 0.05) is 36.5 Å². The van der Waals surface area contributed by atoms with Crippen LogP contribution in [0.3, 0.4) is 0 Å². The van der Waals surface area contributed by atoms with Gasteiger partial charge < -0.3 is 38.8 Å². The van der Waals surface area contributed by atoms with Crippen molar-refractivity contribution in [3.05, 3.63) is 56.6 Å². The highest BCUT2D eigenvalue weighted by Crippen LogP contribution is 2.30. The number of nitrogens with zero attached hydrogens (tertiary/aromatic N) is 3. The first-order valence-electron chi connectivity index (χ1n) is 12.9. The number of nitriles is 1. The molecular formula is C25H34N5O11P. The summed E-state index contributed by atoms with van der Waals surface area (Å²) in [6, 6.07) is 1.59. The number of allylic oxidation sites excluding steroid dienone is 1. The lowest BCUT2D eigenvalue weighted by molar-refractivity contribution is -0.137. The fourth-order valence-corrected chi connectivity index (χ4v) is 4.73. The summed E-state index contributed by atoms with van der Waals surface area (Å²) in [6.07, 6.45) is 0.0591. The van der Waals surface area contributed by atoms with Crippen molar-refractivity contribution >= 4 is 21.5 Å². The Morgan fingerprint density at radius 2 is 1.95 bits per heavy atom. The summed E-state index contributed by atoms with van der Waals surface area (Å²) in [6.45, 7) is 7.54. The second kappa shape index (κ2) is 15.7. The third-order valence-corrected chi connectivity index (χ3v) is 7.15. The molecular weight excluding hydrogens is 577 g/mol. The molecule has 0 radical (unpaired) electrons. The number of nitrogens with one attached hydrogen (secondary N) is 2. The van der Waals surface area contributed by atoms with E-state index in [2.05, 4.69) is 16.9 Å². The molecule has 2 amide bonds. The summed E-state index contributed by atoms with van der Waals surface area (Å²) < 4.78 is 27.6. The molecule has 2 saturated heterocycles. The molecule has 0 aromatic carbocycles. The lowest BCUT2D eigenvalue weighted by Gasteiger charge is -2.30. The molecule has 3 aliphatic heterocycles. The van der Waals surface area contributed by atoms with Crippen molar-refractivity contribution in [3.8, 4) is 6.07 Å². The molecule has 4 rings (SSSR count). The number of aliphatic hydroxyl groups excluding tert-OH is 2. The van der Waals surface area contributed by atoms with Gasteiger partial charge in [-0.3, -0.25) is 24.0 Å². The number of carbonyl (C=O) groups is 2. The Hall–Kier alpha value is -3.42. The van der Waals surface area contributed by atoms with E-state index in [4.69, 9.17) is 33.6 Å². The molecule has 0 saturated carbocycles. The van der Waals surface area contributed by atoms with E-state index in [1.54, 1.807) is 13.1 Å². The van der Waals surface area contributed by atoms with Crippen LogP contribution in [0.5, 0.6) is 0 Å². The smallest absolute Gasteiger partial charge is 0.330 e. The number of rotatable bonds is 11. The van der Waals surface area contributed by atoms with E-state index < -0.39 is 48.1 Å². The van der Waals surface area contributed by atoms with Crippen molar-refractivity contribution in [2.75, 3.05) is 19.8 Å². The molecule has 3 aliphatic rings. The Labute approximate surface area is 242 Å². The lowest BCUT2D eigenvalue weighted by atomic mass is 10.1. The Balaban J connectivity index is 0.000000235. The van der Waals surface area contributed by atoms with Crippen molar-refractivity contribution in [1.82, 2.24) is 19.8 Å². The van der Waals surface area contributed by atoms with Crippen LogP contribution in [0, 0.1) is 18.3 Å². The van der Waals surface area contributed by atoms with Gasteiger partial charge in [-0.1, -0.05) is 6.58 Å². The van der Waals surface area contributed by atoms with E-state index in [1.807, 2.05) is 13.0 Å². The maximum atomic E-state index is 11.9. The minimum absolute atomic E-state index is 0.111. The zero-order chi connectivity index (χ0) is 30.8. The van der Waals surface area contributed by atoms with Gasteiger partial charge in [-0.15, -0.1) is 0 Å². The Morgan fingerprint density at radius 3 is 2.64 bits per heavy atom. The number of aromatic nitrogens is 2. The minimum atomic E-state index is -0.789. The maximum Gasteiger partial charge on any atom is 0.330 e. The highest BCUT2D eigenvalue weighted by molar-refractivity contribution is 7.26. The van der Waals surface area contributed by atoms with Gasteiger partial charge in [0.1, 0.15) is 30.8 Å². The van der Waals surface area contributed by atoms with Crippen molar-refractivity contribution < 1.29 is 43.1 Å². The van der Waals surface area contributed by atoms with Crippen LogP contribution >= 0.6 is 9.03 Å². The second-order valence-electron chi connectivity index (χ2n) is 9.51. The predicted molar refractivity (Wildman–Crippen MR) is 146 cm³/mol. The molecule has 4 heterocycles. The predicted octanol–water partition coefficient (Wildman–Crippen LogP) is 0.0268. The van der Waals surface area contributed by atoms with Gasteiger partial charge in [-0.05, 0) is 19.4 Å². The van der Waals surface area contributed by atoms with E-state index in [9.17, 15) is 24.3 Å². The number of hydrogen-bond donors (Lipinski definition) is 4. The van der Waals surface area contributed by atoms with Gasteiger partial charge in [-0.2, -0.15) is 5.26 Å². The zero-order valence-corrected chi connectivity index (χ0v) is 24.1. The number of carbonyl (C=O) groups excluding carboxylic acids is 2. The maximum absolute atomic E-state index is 11.9. The number of amides is 2. The Kier molecular flexibility index (Phi) is 12.4. The summed E-state index contributed by atoms with van der Waals surface area (Å²) in [4.78, 5) is 49.0. The van der Waals surface area contributed by atoms with Gasteiger partial charge in [0.15, 0.2) is 9.03 Å². The Bertz CT molecular complexity index is 1310. The van der Waals surface area contributed by atoms with E-state index in [-0.39, 0.29) is 47.7 Å². The summed E-state index contributed by atoms with van der Waals surface area (Å²) in [5, 5.41) is 30.1. The van der Waals surface area contributed by atoms with Crippen molar-refractivity contribution in [2.45, 2.75) is 70.0 Å². The van der Waals surface area contributed by atoms with E-state index >= 15 is 0 Å². The van der Waals surface area contributed by atoms with Gasteiger partial charge in [0.2, 0.25) is 0 Å². The quantitative estimate of drug-likeness (QED) is 0.148. The zero-order valence-electron chi connectivity index (χ0n) is 23.1. The average molecular weight is 612 g/mol. The number of H-pyrrole nitrogens is 1. The summed E-state index contributed by atoms with van der Waals surface area (Å²) in [5.41, 5.74) is 0.707. The molecule has 42 heavy (non-hydrogen) atoms. The molecule has 0 aliphatic carbocycles. The molecule has 230 valence electrons. The van der Waals surface area contributed by atoms with Crippen molar-refractivity contribution in [1.29, 1.82) is 5.26 Å². The number of aromatic amines is 1. The van der Waals surface area contributed by atoms with Crippen LogP contribution in [0.1, 0.15) is 38.0 Å². The largest absolute Gasteiger partial charge is 0.462 e. The minimum Gasteiger partial charge on any atom is -0.462 e. The first kappa shape index (κ1) is 33.1. The van der Waals surface area contributed by atoms with Crippen LogP contribution < -0.4 is 16.6 Å². The summed E-state index contributed by atoms with van der Waals surface area (Å²) >= 11 is 0. The molecule has 7 atom stereocenters. The number of aryl methyl sites for hydroxylation is 1. The van der Waals surface area contributed by atoms with Gasteiger partial charge in [-0.25, -0.2) is 9.59 Å². The van der Waals surface area contributed by atoms with E-state index in [0.717, 1.165) is 5.57 Å². The van der Waals surface area contributed by atoms with Crippen LogP contribution in [-0.2, 0) is 28.1 Å². The number of ether oxygens (including phenoxy) is 3. The number of urea groups is 1. The molecule has 1 aromatic rings. The van der Waals surface area contributed by atoms with Crippen LogP contribution in [0.2, 0.25) is 0 Å². The normalized spacial score (nSPS) is 27.3. The highest BCUT2D eigenvalue weighted by Gasteiger charge is 2.41. The third-order valence-electron chi connectivity index (χ3n) is 6.54. The first-order chi connectivity index (χ1) is 20.1. The summed E-state index contributed by atoms with van der Waals surface area (Å²) in [7, 11) is -0.247. The molecule has 1 aromatic heterocycles. The first-order valence-corrected chi connectivity index (χ1v) is 13.7. The fourth-order valence-electron chi connectivity index (χ4n) is 4.23.